The van der Waals surface area contributed by atoms with Gasteiger partial charge in [-0.1, -0.05) is 55.8 Å². The monoisotopic (exact) mass is 428 g/mol. The lowest BCUT2D eigenvalue weighted by atomic mass is 10.0. The number of hydrogen-bond acceptors (Lipinski definition) is 4. The van der Waals surface area contributed by atoms with Gasteiger partial charge in [0.2, 0.25) is 5.91 Å². The van der Waals surface area contributed by atoms with Crippen molar-refractivity contribution in [3.63, 3.8) is 0 Å². The summed E-state index contributed by atoms with van der Waals surface area (Å²) < 4.78 is 0. The molecule has 1 heterocycles. The average Bonchev–Trinajstić information content (AvgIpc) is 2.92. The Bertz CT molecular complexity index is 1000. The number of aryl methyl sites for hydroxylation is 1. The van der Waals surface area contributed by atoms with Gasteiger partial charge in [-0.25, -0.2) is 0 Å². The van der Waals surface area contributed by atoms with Crippen molar-refractivity contribution in [2.75, 3.05) is 11.9 Å². The lowest BCUT2D eigenvalue weighted by Crippen LogP contribution is -2.36. The molecule has 0 aromatic heterocycles. The summed E-state index contributed by atoms with van der Waals surface area (Å²) in [6.45, 7) is 5.72. The van der Waals surface area contributed by atoms with Crippen LogP contribution in [0.2, 0.25) is 5.02 Å². The SMILES string of the molecule is Cc1ccc(NC(=O)CN2C(=O)S/C(=C/c3ccc(C(C)C)cc3)C2=O)cc1Cl. The molecule has 1 N–H and O–H groups in total. The van der Waals surface area contributed by atoms with E-state index in [0.29, 0.717) is 21.5 Å². The van der Waals surface area contributed by atoms with Crippen LogP contribution in [0.1, 0.15) is 36.5 Å². The highest BCUT2D eigenvalue weighted by atomic mass is 35.5. The summed E-state index contributed by atoms with van der Waals surface area (Å²) in [5, 5.41) is 2.73. The molecule has 1 fully saturated rings. The number of carbonyl (C=O) groups is 3. The van der Waals surface area contributed by atoms with E-state index in [0.717, 1.165) is 27.8 Å². The summed E-state index contributed by atoms with van der Waals surface area (Å²) in [6, 6.07) is 13.0. The lowest BCUT2D eigenvalue weighted by molar-refractivity contribution is -0.127. The van der Waals surface area contributed by atoms with E-state index in [1.165, 1.54) is 5.56 Å². The number of carbonyl (C=O) groups excluding carboxylic acids is 3. The van der Waals surface area contributed by atoms with E-state index < -0.39 is 17.1 Å². The van der Waals surface area contributed by atoms with Crippen molar-refractivity contribution < 1.29 is 14.4 Å². The van der Waals surface area contributed by atoms with Crippen LogP contribution in [0.3, 0.4) is 0 Å². The smallest absolute Gasteiger partial charge is 0.294 e. The number of nitrogens with one attached hydrogen (secondary N) is 1. The van der Waals surface area contributed by atoms with Crippen LogP contribution in [0.5, 0.6) is 0 Å². The van der Waals surface area contributed by atoms with Gasteiger partial charge in [-0.2, -0.15) is 0 Å². The minimum Gasteiger partial charge on any atom is -0.324 e. The van der Waals surface area contributed by atoms with Crippen molar-refractivity contribution in [1.82, 2.24) is 4.90 Å². The molecule has 1 saturated heterocycles. The highest BCUT2D eigenvalue weighted by Crippen LogP contribution is 2.32. The number of thioether (sulfide) groups is 1. The van der Waals surface area contributed by atoms with Crippen LogP contribution < -0.4 is 5.32 Å². The highest BCUT2D eigenvalue weighted by molar-refractivity contribution is 8.18. The Hall–Kier alpha value is -2.57. The van der Waals surface area contributed by atoms with Crippen molar-refractivity contribution in [1.29, 1.82) is 0 Å². The lowest BCUT2D eigenvalue weighted by Gasteiger charge is -2.13. The Morgan fingerprint density at radius 1 is 1.17 bits per heavy atom. The first-order valence-electron chi connectivity index (χ1n) is 9.16. The summed E-state index contributed by atoms with van der Waals surface area (Å²) in [5.74, 6) is -0.516. The Balaban J connectivity index is 1.68. The van der Waals surface area contributed by atoms with E-state index in [2.05, 4.69) is 19.2 Å². The molecule has 7 heteroatoms. The van der Waals surface area contributed by atoms with Crippen LogP contribution in [0.25, 0.3) is 6.08 Å². The van der Waals surface area contributed by atoms with Gasteiger partial charge in [0.15, 0.2) is 0 Å². The molecule has 0 saturated carbocycles. The van der Waals surface area contributed by atoms with Crippen LogP contribution in [0.4, 0.5) is 10.5 Å². The van der Waals surface area contributed by atoms with E-state index in [1.54, 1.807) is 24.3 Å². The molecule has 0 bridgehead atoms. The second-order valence-electron chi connectivity index (χ2n) is 7.10. The molecule has 0 unspecified atom stereocenters. The number of imide groups is 1. The topological polar surface area (TPSA) is 66.5 Å². The standard InChI is InChI=1S/C22H21ClN2O3S/c1-13(2)16-7-5-15(6-8-16)10-19-21(27)25(22(28)29-19)12-20(26)24-17-9-4-14(3)18(23)11-17/h4-11,13H,12H2,1-3H3,(H,24,26)/b19-10+. The third-order valence-corrected chi connectivity index (χ3v) is 5.85. The van der Waals surface area contributed by atoms with Gasteiger partial charge in [-0.3, -0.25) is 19.3 Å². The Labute approximate surface area is 179 Å². The van der Waals surface area contributed by atoms with Crippen molar-refractivity contribution in [3.05, 3.63) is 69.1 Å². The number of amides is 3. The predicted molar refractivity (Wildman–Crippen MR) is 118 cm³/mol. The first kappa shape index (κ1) is 21.1. The summed E-state index contributed by atoms with van der Waals surface area (Å²) in [6.07, 6.45) is 1.67. The van der Waals surface area contributed by atoms with E-state index in [1.807, 2.05) is 31.2 Å². The number of hydrogen-bond donors (Lipinski definition) is 1. The third-order valence-electron chi connectivity index (χ3n) is 4.53. The molecule has 3 amide bonds. The molecule has 1 aliphatic rings. The Morgan fingerprint density at radius 2 is 1.86 bits per heavy atom. The van der Waals surface area contributed by atoms with Crippen LogP contribution in [-0.2, 0) is 9.59 Å². The van der Waals surface area contributed by atoms with Crippen LogP contribution in [0, 0.1) is 6.92 Å². The third kappa shape index (κ3) is 5.08. The van der Waals surface area contributed by atoms with E-state index >= 15 is 0 Å². The summed E-state index contributed by atoms with van der Waals surface area (Å²) in [5.41, 5.74) is 3.43. The molecule has 0 radical (unpaired) electrons. The zero-order chi connectivity index (χ0) is 21.1. The average molecular weight is 429 g/mol. The predicted octanol–water partition coefficient (Wildman–Crippen LogP) is 5.45. The van der Waals surface area contributed by atoms with Gasteiger partial charge in [0.1, 0.15) is 6.54 Å². The molecule has 0 aliphatic carbocycles. The van der Waals surface area contributed by atoms with Gasteiger partial charge in [-0.15, -0.1) is 0 Å². The maximum atomic E-state index is 12.6. The van der Waals surface area contributed by atoms with Gasteiger partial charge >= 0.3 is 0 Å². The first-order valence-corrected chi connectivity index (χ1v) is 10.4. The Morgan fingerprint density at radius 3 is 2.48 bits per heavy atom. The second-order valence-corrected chi connectivity index (χ2v) is 8.50. The van der Waals surface area contributed by atoms with E-state index in [4.69, 9.17) is 11.6 Å². The number of halogens is 1. The number of rotatable bonds is 5. The quantitative estimate of drug-likeness (QED) is 0.643. The molecule has 5 nitrogen and oxygen atoms in total. The zero-order valence-electron chi connectivity index (χ0n) is 16.4. The van der Waals surface area contributed by atoms with Crippen LogP contribution >= 0.6 is 23.4 Å². The molecule has 29 heavy (non-hydrogen) atoms. The van der Waals surface area contributed by atoms with Gasteiger partial charge in [0.25, 0.3) is 11.1 Å². The fraction of sp³-hybridized carbons (Fsp3) is 0.227. The number of nitrogens with zero attached hydrogens (tertiary/aromatic N) is 1. The fourth-order valence-electron chi connectivity index (χ4n) is 2.78. The first-order chi connectivity index (χ1) is 13.7. The normalized spacial score (nSPS) is 15.5. The molecule has 2 aromatic carbocycles. The molecular formula is C22H21ClN2O3S. The van der Waals surface area contributed by atoms with Crippen LogP contribution in [-0.4, -0.2) is 28.5 Å². The van der Waals surface area contributed by atoms with Crippen molar-refractivity contribution in [3.8, 4) is 0 Å². The summed E-state index contributed by atoms with van der Waals surface area (Å²) >= 11 is 6.89. The van der Waals surface area contributed by atoms with Crippen molar-refractivity contribution in [2.45, 2.75) is 26.7 Å². The number of benzene rings is 2. The molecule has 1 aliphatic heterocycles. The van der Waals surface area contributed by atoms with Crippen LogP contribution in [0.15, 0.2) is 47.4 Å². The summed E-state index contributed by atoms with van der Waals surface area (Å²) in [7, 11) is 0. The molecule has 0 atom stereocenters. The maximum Gasteiger partial charge on any atom is 0.294 e. The highest BCUT2D eigenvalue weighted by Gasteiger charge is 2.36. The minimum absolute atomic E-state index is 0.304. The minimum atomic E-state index is -0.468. The molecule has 0 spiro atoms. The van der Waals surface area contributed by atoms with Gasteiger partial charge < -0.3 is 5.32 Å². The van der Waals surface area contributed by atoms with E-state index in [9.17, 15) is 14.4 Å². The maximum absolute atomic E-state index is 12.6. The number of anilines is 1. The molecule has 3 rings (SSSR count). The molecule has 2 aromatic rings. The fourth-order valence-corrected chi connectivity index (χ4v) is 3.80. The largest absolute Gasteiger partial charge is 0.324 e. The zero-order valence-corrected chi connectivity index (χ0v) is 17.9. The van der Waals surface area contributed by atoms with Crippen molar-refractivity contribution >= 4 is 52.2 Å². The molecule has 150 valence electrons. The van der Waals surface area contributed by atoms with Crippen molar-refractivity contribution in [2.24, 2.45) is 0 Å². The van der Waals surface area contributed by atoms with Gasteiger partial charge in [0, 0.05) is 10.7 Å². The summed E-state index contributed by atoms with van der Waals surface area (Å²) in [4.78, 5) is 38.4. The van der Waals surface area contributed by atoms with Gasteiger partial charge in [-0.05, 0) is 59.5 Å². The second kappa shape index (κ2) is 8.84. The van der Waals surface area contributed by atoms with E-state index in [-0.39, 0.29) is 6.54 Å². The molecular weight excluding hydrogens is 408 g/mol. The Kier molecular flexibility index (Phi) is 6.45. The van der Waals surface area contributed by atoms with Gasteiger partial charge in [0.05, 0.1) is 4.91 Å².